The summed E-state index contributed by atoms with van der Waals surface area (Å²) in [6.45, 7) is 6.67. The molecule has 65 valence electrons. The predicted molar refractivity (Wildman–Crippen MR) is 53.2 cm³/mol. The van der Waals surface area contributed by atoms with Gasteiger partial charge in [-0.3, -0.25) is 0 Å². The van der Waals surface area contributed by atoms with E-state index in [2.05, 4.69) is 39.0 Å². The monoisotopic (exact) mass is 161 g/mol. The third kappa shape index (κ3) is 2.69. The van der Waals surface area contributed by atoms with Gasteiger partial charge in [-0.15, -0.1) is 0 Å². The number of benzene rings is 1. The van der Waals surface area contributed by atoms with E-state index in [-0.39, 0.29) is 0 Å². The largest absolute Gasteiger partial charge is 0.0625 e. The van der Waals surface area contributed by atoms with Crippen molar-refractivity contribution in [1.82, 2.24) is 0 Å². The minimum atomic E-state index is 0.730. The van der Waals surface area contributed by atoms with Crippen molar-refractivity contribution in [1.29, 1.82) is 0 Å². The van der Waals surface area contributed by atoms with Crippen LogP contribution in [0.25, 0.3) is 0 Å². The molecule has 0 N–H and O–H groups in total. The number of aryl methyl sites for hydroxylation is 1. The number of rotatable bonds is 3. The molecule has 1 radical (unpaired) electrons. The third-order valence-corrected chi connectivity index (χ3v) is 1.96. The highest BCUT2D eigenvalue weighted by Gasteiger charge is 1.97. The van der Waals surface area contributed by atoms with Gasteiger partial charge in [-0.05, 0) is 36.0 Å². The van der Waals surface area contributed by atoms with Gasteiger partial charge >= 0.3 is 0 Å². The first kappa shape index (κ1) is 9.31. The summed E-state index contributed by atoms with van der Waals surface area (Å²) in [5.41, 5.74) is 2.77. The van der Waals surface area contributed by atoms with E-state index in [1.54, 1.807) is 0 Å². The molecule has 0 aliphatic carbocycles. The molecule has 0 aliphatic rings. The van der Waals surface area contributed by atoms with Crippen molar-refractivity contribution in [2.45, 2.75) is 33.6 Å². The normalized spacial score (nSPS) is 10.7. The quantitative estimate of drug-likeness (QED) is 0.638. The van der Waals surface area contributed by atoms with Crippen molar-refractivity contribution < 1.29 is 0 Å². The summed E-state index contributed by atoms with van der Waals surface area (Å²) >= 11 is 0. The van der Waals surface area contributed by atoms with Crippen LogP contribution >= 0.6 is 0 Å². The SMILES string of the molecule is CCc1cc[c]c(CC(C)C)c1. The lowest BCUT2D eigenvalue weighted by molar-refractivity contribution is 0.646. The van der Waals surface area contributed by atoms with Gasteiger partial charge in [-0.1, -0.05) is 39.0 Å². The maximum atomic E-state index is 3.27. The fourth-order valence-electron chi connectivity index (χ4n) is 1.35. The lowest BCUT2D eigenvalue weighted by atomic mass is 10.0. The molecule has 1 aromatic rings. The average molecular weight is 161 g/mol. The molecule has 0 amide bonds. The van der Waals surface area contributed by atoms with Crippen molar-refractivity contribution in [2.24, 2.45) is 5.92 Å². The van der Waals surface area contributed by atoms with Crippen LogP contribution in [0.2, 0.25) is 0 Å². The summed E-state index contributed by atoms with van der Waals surface area (Å²) in [7, 11) is 0. The maximum absolute atomic E-state index is 3.27. The molecule has 0 nitrogen and oxygen atoms in total. The lowest BCUT2D eigenvalue weighted by Gasteiger charge is -2.05. The summed E-state index contributed by atoms with van der Waals surface area (Å²) in [6.07, 6.45) is 2.27. The van der Waals surface area contributed by atoms with Crippen LogP contribution in [0.15, 0.2) is 18.2 Å². The fraction of sp³-hybridized carbons (Fsp3) is 0.500. The fourth-order valence-corrected chi connectivity index (χ4v) is 1.35. The Bertz CT molecular complexity index is 236. The van der Waals surface area contributed by atoms with Gasteiger partial charge in [0.05, 0.1) is 0 Å². The van der Waals surface area contributed by atoms with E-state index in [1.807, 2.05) is 6.07 Å². The molecule has 0 saturated heterocycles. The Morgan fingerprint density at radius 3 is 2.75 bits per heavy atom. The van der Waals surface area contributed by atoms with Gasteiger partial charge in [-0.25, -0.2) is 0 Å². The Morgan fingerprint density at radius 2 is 2.17 bits per heavy atom. The second-order valence-electron chi connectivity index (χ2n) is 3.67. The minimum absolute atomic E-state index is 0.730. The average Bonchev–Trinajstić information content (AvgIpc) is 2.03. The molecule has 0 aromatic heterocycles. The molecular formula is C12H17. The van der Waals surface area contributed by atoms with Crippen molar-refractivity contribution in [3.05, 3.63) is 35.4 Å². The standard InChI is InChI=1S/C12H17/c1-4-11-6-5-7-12(9-11)8-10(2)3/h5-6,9-10H,4,8H2,1-3H3. The van der Waals surface area contributed by atoms with Crippen molar-refractivity contribution >= 4 is 0 Å². The molecule has 0 aliphatic heterocycles. The Labute approximate surface area is 75.6 Å². The molecule has 0 atom stereocenters. The maximum Gasteiger partial charge on any atom is -0.0149 e. The Morgan fingerprint density at radius 1 is 1.42 bits per heavy atom. The summed E-state index contributed by atoms with van der Waals surface area (Å²) in [4.78, 5) is 0. The lowest BCUT2D eigenvalue weighted by Crippen LogP contribution is -1.94. The van der Waals surface area contributed by atoms with E-state index in [0.29, 0.717) is 0 Å². The van der Waals surface area contributed by atoms with Gasteiger partial charge in [0.2, 0.25) is 0 Å². The molecule has 0 spiro atoms. The number of hydrogen-bond donors (Lipinski definition) is 0. The summed E-state index contributed by atoms with van der Waals surface area (Å²) in [5, 5.41) is 0. The van der Waals surface area contributed by atoms with E-state index in [1.165, 1.54) is 11.1 Å². The molecule has 0 heteroatoms. The second kappa shape index (κ2) is 4.30. The first-order valence-corrected chi connectivity index (χ1v) is 4.72. The van der Waals surface area contributed by atoms with Crippen molar-refractivity contribution in [3.63, 3.8) is 0 Å². The van der Waals surface area contributed by atoms with E-state index in [9.17, 15) is 0 Å². The van der Waals surface area contributed by atoms with E-state index < -0.39 is 0 Å². The third-order valence-electron chi connectivity index (χ3n) is 1.96. The van der Waals surface area contributed by atoms with Crippen LogP contribution in [0.4, 0.5) is 0 Å². The molecule has 1 rings (SSSR count). The first-order chi connectivity index (χ1) is 5.72. The van der Waals surface area contributed by atoms with Gasteiger partial charge < -0.3 is 0 Å². The van der Waals surface area contributed by atoms with Crippen LogP contribution in [0, 0.1) is 12.0 Å². The smallest absolute Gasteiger partial charge is 0.0149 e. The topological polar surface area (TPSA) is 0 Å². The van der Waals surface area contributed by atoms with Gasteiger partial charge in [0.15, 0.2) is 0 Å². The van der Waals surface area contributed by atoms with Gasteiger partial charge in [-0.2, -0.15) is 0 Å². The Kier molecular flexibility index (Phi) is 3.33. The second-order valence-corrected chi connectivity index (χ2v) is 3.67. The zero-order valence-electron chi connectivity index (χ0n) is 8.22. The molecule has 0 heterocycles. The van der Waals surface area contributed by atoms with Crippen LogP contribution in [-0.2, 0) is 12.8 Å². The zero-order valence-corrected chi connectivity index (χ0v) is 8.22. The highest BCUT2D eigenvalue weighted by Crippen LogP contribution is 2.09. The van der Waals surface area contributed by atoms with E-state index in [4.69, 9.17) is 0 Å². The van der Waals surface area contributed by atoms with Crippen molar-refractivity contribution in [2.75, 3.05) is 0 Å². The van der Waals surface area contributed by atoms with Gasteiger partial charge in [0.25, 0.3) is 0 Å². The summed E-state index contributed by atoms with van der Waals surface area (Å²) in [5.74, 6) is 0.730. The highest BCUT2D eigenvalue weighted by molar-refractivity contribution is 5.22. The van der Waals surface area contributed by atoms with Crippen LogP contribution in [-0.4, -0.2) is 0 Å². The van der Waals surface area contributed by atoms with Crippen molar-refractivity contribution in [3.8, 4) is 0 Å². The molecule has 12 heavy (non-hydrogen) atoms. The Balaban J connectivity index is 2.72. The number of hydrogen-bond acceptors (Lipinski definition) is 0. The Hall–Kier alpha value is -0.780. The molecular weight excluding hydrogens is 144 g/mol. The van der Waals surface area contributed by atoms with Crippen LogP contribution in [0.5, 0.6) is 0 Å². The molecule has 1 aromatic carbocycles. The summed E-state index contributed by atoms with van der Waals surface area (Å²) < 4.78 is 0. The van der Waals surface area contributed by atoms with Crippen LogP contribution in [0.3, 0.4) is 0 Å². The zero-order chi connectivity index (χ0) is 8.97. The van der Waals surface area contributed by atoms with E-state index >= 15 is 0 Å². The molecule has 0 fully saturated rings. The molecule has 0 saturated carbocycles. The van der Waals surface area contributed by atoms with Crippen LogP contribution in [0.1, 0.15) is 31.9 Å². The minimum Gasteiger partial charge on any atom is -0.0625 e. The van der Waals surface area contributed by atoms with Crippen LogP contribution < -0.4 is 0 Å². The first-order valence-electron chi connectivity index (χ1n) is 4.72. The molecule has 0 bridgehead atoms. The predicted octanol–water partition coefficient (Wildman–Crippen LogP) is 3.25. The summed E-state index contributed by atoms with van der Waals surface area (Å²) in [6, 6.07) is 9.72. The van der Waals surface area contributed by atoms with E-state index in [0.717, 1.165) is 18.8 Å². The van der Waals surface area contributed by atoms with Gasteiger partial charge in [0.1, 0.15) is 0 Å². The van der Waals surface area contributed by atoms with Gasteiger partial charge in [0, 0.05) is 0 Å². The molecule has 0 unspecified atom stereocenters. The highest BCUT2D eigenvalue weighted by atomic mass is 14.0.